The van der Waals surface area contributed by atoms with Gasteiger partial charge in [-0.15, -0.1) is 0 Å². The molecule has 0 fully saturated rings. The maximum atomic E-state index is 14.9. The molecular formula is C51H48F10N2O8. The number of hydrogen-bond donors (Lipinski definition) is 2. The van der Waals surface area contributed by atoms with Crippen molar-refractivity contribution in [3.05, 3.63) is 155 Å². The molecule has 0 aliphatic rings. The quantitative estimate of drug-likeness (QED) is 0.0191. The third-order valence-electron chi connectivity index (χ3n) is 10.1. The highest BCUT2D eigenvalue weighted by Gasteiger charge is 2.36. The molecule has 0 atom stereocenters. The lowest BCUT2D eigenvalue weighted by Gasteiger charge is -2.19. The number of benzene rings is 5. The van der Waals surface area contributed by atoms with Crippen LogP contribution in [0.3, 0.4) is 0 Å². The Bertz CT molecular complexity index is 2380. The van der Waals surface area contributed by atoms with Crippen LogP contribution in [0.15, 0.2) is 127 Å². The van der Waals surface area contributed by atoms with Gasteiger partial charge in [-0.05, 0) is 139 Å². The van der Waals surface area contributed by atoms with E-state index in [-0.39, 0.29) is 80.8 Å². The predicted octanol–water partition coefficient (Wildman–Crippen LogP) is 12.9. The summed E-state index contributed by atoms with van der Waals surface area (Å²) in [6, 6.07) is 24.6. The lowest BCUT2D eigenvalue weighted by atomic mass is 9.98. The Balaban J connectivity index is 1.08. The molecule has 0 aromatic heterocycles. The molecule has 71 heavy (non-hydrogen) atoms. The Morgan fingerprint density at radius 1 is 0.493 bits per heavy atom. The van der Waals surface area contributed by atoms with E-state index in [1.54, 1.807) is 12.1 Å². The number of ether oxygens (including phenoxy) is 6. The van der Waals surface area contributed by atoms with Crippen molar-refractivity contribution in [1.29, 1.82) is 0 Å². The molecule has 0 unspecified atom stereocenters. The van der Waals surface area contributed by atoms with E-state index in [1.165, 1.54) is 91.0 Å². The molecule has 5 rings (SSSR count). The van der Waals surface area contributed by atoms with E-state index in [0.717, 1.165) is 36.4 Å². The molecule has 0 bridgehead atoms. The lowest BCUT2D eigenvalue weighted by Crippen LogP contribution is -2.21. The molecule has 0 heterocycles. The van der Waals surface area contributed by atoms with Gasteiger partial charge in [-0.3, -0.25) is 0 Å². The number of halogens is 10. The molecule has 4 N–H and O–H groups in total. The van der Waals surface area contributed by atoms with Crippen LogP contribution in [0.1, 0.15) is 72.3 Å². The standard InChI is InChI=1S/C51H48F10N2O8/c52-48(53,54)27-1-3-29-66-40-20-11-37(12-21-40)50(58,59)70-42-16-5-34(6-17-42)9-25-46(64)68-32-36(44-24-15-39(62)31-45(44)63)33-69-47(65)26-10-35-7-18-43(19-8-35)71-51(60,61)38-13-22-41(23-14-38)67-30-4-2-28-49(55,56)57/h5-26,31,36H,1-4,27-30,32-33,62-63H2/b25-9+,26-10+. The average molecular weight is 1010 g/mol. The van der Waals surface area contributed by atoms with Gasteiger partial charge in [-0.1, -0.05) is 30.3 Å². The van der Waals surface area contributed by atoms with Crippen molar-refractivity contribution in [2.75, 3.05) is 37.9 Å². The van der Waals surface area contributed by atoms with E-state index in [0.29, 0.717) is 22.4 Å². The van der Waals surface area contributed by atoms with Crippen molar-refractivity contribution in [1.82, 2.24) is 0 Å². The number of nitrogen functional groups attached to an aromatic ring is 2. The molecular weight excluding hydrogens is 959 g/mol. The van der Waals surface area contributed by atoms with Crippen molar-refractivity contribution >= 4 is 35.5 Å². The Morgan fingerprint density at radius 2 is 0.873 bits per heavy atom. The second kappa shape index (κ2) is 25.0. The van der Waals surface area contributed by atoms with Gasteiger partial charge < -0.3 is 39.9 Å². The van der Waals surface area contributed by atoms with Crippen molar-refractivity contribution in [3.8, 4) is 23.0 Å². The molecule has 0 saturated heterocycles. The monoisotopic (exact) mass is 1010 g/mol. The molecule has 0 saturated carbocycles. The molecule has 10 nitrogen and oxygen atoms in total. The summed E-state index contributed by atoms with van der Waals surface area (Å²) in [5, 5.41) is 0. The molecule has 0 amide bonds. The van der Waals surface area contributed by atoms with E-state index < -0.39 is 66.4 Å². The van der Waals surface area contributed by atoms with E-state index in [2.05, 4.69) is 0 Å². The number of carbonyl (C=O) groups excluding carboxylic acids is 2. The molecule has 0 spiro atoms. The third kappa shape index (κ3) is 19.1. The van der Waals surface area contributed by atoms with Crippen LogP contribution in [0.5, 0.6) is 23.0 Å². The third-order valence-corrected chi connectivity index (χ3v) is 10.1. The summed E-state index contributed by atoms with van der Waals surface area (Å²) in [6.45, 7) is -0.631. The first-order chi connectivity index (χ1) is 33.5. The highest BCUT2D eigenvalue weighted by Crippen LogP contribution is 2.35. The van der Waals surface area contributed by atoms with Gasteiger partial charge in [0.2, 0.25) is 0 Å². The van der Waals surface area contributed by atoms with Crippen LogP contribution in [0, 0.1) is 0 Å². The molecule has 380 valence electrons. The first-order valence-electron chi connectivity index (χ1n) is 21.8. The van der Waals surface area contributed by atoms with E-state index in [1.807, 2.05) is 0 Å². The Hall–Kier alpha value is -7.38. The number of hydrogen-bond acceptors (Lipinski definition) is 10. The summed E-state index contributed by atoms with van der Waals surface area (Å²) in [4.78, 5) is 25.5. The van der Waals surface area contributed by atoms with Gasteiger partial charge in [0.05, 0.1) is 30.3 Å². The zero-order valence-electron chi connectivity index (χ0n) is 37.6. The summed E-state index contributed by atoms with van der Waals surface area (Å²) in [6.07, 6.45) is -13.0. The normalized spacial score (nSPS) is 12.3. The van der Waals surface area contributed by atoms with Crippen LogP contribution in [0.25, 0.3) is 12.2 Å². The van der Waals surface area contributed by atoms with E-state index in [9.17, 15) is 53.5 Å². The minimum Gasteiger partial charge on any atom is -0.494 e. The van der Waals surface area contributed by atoms with Crippen molar-refractivity contribution in [2.45, 2.75) is 69.0 Å². The van der Waals surface area contributed by atoms with Crippen molar-refractivity contribution < 1.29 is 81.9 Å². The molecule has 5 aromatic carbocycles. The summed E-state index contributed by atoms with van der Waals surface area (Å²) >= 11 is 0. The molecule has 5 aromatic rings. The average Bonchev–Trinajstić information content (AvgIpc) is 3.30. The summed E-state index contributed by atoms with van der Waals surface area (Å²) in [5.41, 5.74) is 12.9. The predicted molar refractivity (Wildman–Crippen MR) is 244 cm³/mol. The molecule has 0 radical (unpaired) electrons. The maximum absolute atomic E-state index is 14.9. The van der Waals surface area contributed by atoms with Crippen LogP contribution in [-0.4, -0.2) is 50.7 Å². The first kappa shape index (κ1) is 54.6. The number of esters is 2. The highest BCUT2D eigenvalue weighted by molar-refractivity contribution is 5.87. The number of unbranched alkanes of at least 4 members (excludes halogenated alkanes) is 2. The smallest absolute Gasteiger partial charge is 0.426 e. The van der Waals surface area contributed by atoms with Gasteiger partial charge in [0.15, 0.2) is 0 Å². The second-order valence-corrected chi connectivity index (χ2v) is 15.8. The summed E-state index contributed by atoms with van der Waals surface area (Å²) in [7, 11) is 0. The number of nitrogens with two attached hydrogens (primary N) is 2. The van der Waals surface area contributed by atoms with Gasteiger partial charge in [-0.2, -0.15) is 43.9 Å². The summed E-state index contributed by atoms with van der Waals surface area (Å²) < 4.78 is 165. The molecule has 20 heteroatoms. The molecule has 0 aliphatic carbocycles. The molecule has 0 aliphatic heterocycles. The van der Waals surface area contributed by atoms with Crippen LogP contribution in [0.4, 0.5) is 55.3 Å². The first-order valence-corrected chi connectivity index (χ1v) is 21.8. The van der Waals surface area contributed by atoms with Gasteiger partial charge in [0.1, 0.15) is 36.2 Å². The fraction of sp³-hybridized carbons (Fsp3) is 0.294. The van der Waals surface area contributed by atoms with Crippen LogP contribution < -0.4 is 30.4 Å². The largest absolute Gasteiger partial charge is 0.494 e. The van der Waals surface area contributed by atoms with E-state index in [4.69, 9.17) is 39.9 Å². The van der Waals surface area contributed by atoms with Gasteiger partial charge in [-0.25, -0.2) is 9.59 Å². The van der Waals surface area contributed by atoms with Crippen LogP contribution in [0.2, 0.25) is 0 Å². The minimum atomic E-state index is -4.26. The topological polar surface area (TPSA) is 142 Å². The fourth-order valence-electron chi connectivity index (χ4n) is 6.42. The number of anilines is 2. The zero-order chi connectivity index (χ0) is 51.7. The van der Waals surface area contributed by atoms with Crippen molar-refractivity contribution in [3.63, 3.8) is 0 Å². The second-order valence-electron chi connectivity index (χ2n) is 15.8. The number of carbonyl (C=O) groups is 2. The van der Waals surface area contributed by atoms with Gasteiger partial charge >= 0.3 is 36.5 Å². The fourth-order valence-corrected chi connectivity index (χ4v) is 6.42. The van der Waals surface area contributed by atoms with Crippen molar-refractivity contribution in [2.24, 2.45) is 0 Å². The Kier molecular flexibility index (Phi) is 19.2. The van der Waals surface area contributed by atoms with Gasteiger partial charge in [0.25, 0.3) is 0 Å². The zero-order valence-corrected chi connectivity index (χ0v) is 37.6. The summed E-state index contributed by atoms with van der Waals surface area (Å²) in [5.74, 6) is -2.36. The van der Waals surface area contributed by atoms with Crippen LogP contribution in [-0.2, 0) is 31.3 Å². The Morgan fingerprint density at radius 3 is 1.24 bits per heavy atom. The SMILES string of the molecule is Nc1ccc(C(COC(=O)/C=C/c2ccc(OC(F)(F)c3ccc(OCCCCC(F)(F)F)cc3)cc2)COC(=O)/C=C/c2ccc(OC(F)(F)c3ccc(OCCCCC(F)(F)F)cc3)cc2)c(N)c1. The number of alkyl halides is 10. The Labute approximate surface area is 401 Å². The van der Waals surface area contributed by atoms with E-state index >= 15 is 0 Å². The lowest BCUT2D eigenvalue weighted by molar-refractivity contribution is -0.186. The highest BCUT2D eigenvalue weighted by atomic mass is 19.4. The minimum absolute atomic E-state index is 0.0134. The van der Waals surface area contributed by atoms with Crippen LogP contribution >= 0.6 is 0 Å². The van der Waals surface area contributed by atoms with Gasteiger partial charge in [0, 0.05) is 36.4 Å². The maximum Gasteiger partial charge on any atom is 0.426 e. The number of rotatable bonds is 25.